The fourth-order valence-corrected chi connectivity index (χ4v) is 4.79. The normalized spacial score (nSPS) is 22.3. The summed E-state index contributed by atoms with van der Waals surface area (Å²) in [6.07, 6.45) is -6.98. The third kappa shape index (κ3) is 6.02. The lowest BCUT2D eigenvalue weighted by atomic mass is 9.93. The largest absolute Gasteiger partial charge is 0.758 e. The lowest BCUT2D eigenvalue weighted by Crippen LogP contribution is -2.46. The van der Waals surface area contributed by atoms with E-state index in [2.05, 4.69) is 10.6 Å². The van der Waals surface area contributed by atoms with Gasteiger partial charge < -0.3 is 20.3 Å². The van der Waals surface area contributed by atoms with Crippen LogP contribution < -0.4 is 10.6 Å². The molecule has 0 radical (unpaired) electrons. The van der Waals surface area contributed by atoms with Crippen LogP contribution in [0.15, 0.2) is 60.0 Å². The third-order valence-electron chi connectivity index (χ3n) is 6.16. The monoisotopic (exact) mass is 544 g/mol. The quantitative estimate of drug-likeness (QED) is 0.470. The Kier molecular flexibility index (Phi) is 7.72. The first kappa shape index (κ1) is 27.2. The zero-order valence-corrected chi connectivity index (χ0v) is 20.7. The number of alkyl halides is 6. The number of rotatable bonds is 4. The fraction of sp³-hybridized carbons (Fsp3) is 0.360. The molecule has 2 unspecified atom stereocenters. The average molecular weight is 545 g/mol. The van der Waals surface area contributed by atoms with Gasteiger partial charge in [-0.05, 0) is 60.6 Å². The van der Waals surface area contributed by atoms with E-state index in [0.29, 0.717) is 35.0 Å². The second-order valence-corrected chi connectivity index (χ2v) is 9.62. The molecule has 12 heteroatoms. The summed E-state index contributed by atoms with van der Waals surface area (Å²) in [4.78, 5) is 0. The van der Waals surface area contributed by atoms with Gasteiger partial charge in [0.15, 0.2) is 11.3 Å². The van der Waals surface area contributed by atoms with Gasteiger partial charge in [-0.25, -0.2) is 0 Å². The van der Waals surface area contributed by atoms with Crippen LogP contribution >= 0.6 is 11.8 Å². The molecule has 2 N–H and O–H groups in total. The van der Waals surface area contributed by atoms with E-state index < -0.39 is 41.4 Å². The van der Waals surface area contributed by atoms with E-state index in [9.17, 15) is 31.5 Å². The van der Waals surface area contributed by atoms with Gasteiger partial charge in [0.1, 0.15) is 0 Å². The van der Waals surface area contributed by atoms with Crippen LogP contribution in [0.25, 0.3) is 5.70 Å². The number of benzene rings is 2. The second-order valence-electron chi connectivity index (χ2n) is 8.68. The minimum Gasteiger partial charge on any atom is -0.758 e. The van der Waals surface area contributed by atoms with Crippen LogP contribution in [0, 0.1) is 12.1 Å². The van der Waals surface area contributed by atoms with E-state index in [1.807, 2.05) is 13.0 Å². The van der Waals surface area contributed by atoms with Gasteiger partial charge in [-0.1, -0.05) is 24.3 Å². The molecular formula is C25H24F6N3O2S-. The van der Waals surface area contributed by atoms with Crippen molar-refractivity contribution in [2.75, 3.05) is 19.5 Å². The Hall–Kier alpha value is -2.83. The van der Waals surface area contributed by atoms with Crippen molar-refractivity contribution in [2.24, 2.45) is 0 Å². The summed E-state index contributed by atoms with van der Waals surface area (Å²) >= 11 is 1.34. The molecule has 4 rings (SSSR count). The molecule has 5 nitrogen and oxygen atoms in total. The van der Waals surface area contributed by atoms with Crippen molar-refractivity contribution in [1.29, 1.82) is 0 Å². The predicted molar refractivity (Wildman–Crippen MR) is 130 cm³/mol. The van der Waals surface area contributed by atoms with E-state index >= 15 is 0 Å². The lowest BCUT2D eigenvalue weighted by Gasteiger charge is -2.46. The molecule has 2 aliphatic heterocycles. The number of thioether (sulfide) groups is 1. The van der Waals surface area contributed by atoms with Crippen LogP contribution in [0.3, 0.4) is 0 Å². The van der Waals surface area contributed by atoms with Crippen LogP contribution in [0.4, 0.5) is 26.3 Å². The van der Waals surface area contributed by atoms with E-state index in [1.54, 1.807) is 30.5 Å². The Morgan fingerprint density at radius 2 is 1.70 bits per heavy atom. The summed E-state index contributed by atoms with van der Waals surface area (Å²) in [5.74, 6) is 0.284. The Morgan fingerprint density at radius 3 is 2.30 bits per heavy atom. The number of hydrogen-bond acceptors (Lipinski definition) is 6. The molecule has 2 heterocycles. The van der Waals surface area contributed by atoms with Gasteiger partial charge in [-0.2, -0.15) is 26.3 Å². The molecule has 0 saturated carbocycles. The lowest BCUT2D eigenvalue weighted by molar-refractivity contribution is -0.143. The Balaban J connectivity index is 1.85. The zero-order chi connectivity index (χ0) is 27.0. The highest BCUT2D eigenvalue weighted by atomic mass is 32.2. The zero-order valence-electron chi connectivity index (χ0n) is 19.8. The van der Waals surface area contributed by atoms with E-state index in [0.717, 1.165) is 5.56 Å². The fourth-order valence-electron chi connectivity index (χ4n) is 4.33. The summed E-state index contributed by atoms with van der Waals surface area (Å²) in [7, 11) is 0. The van der Waals surface area contributed by atoms with Gasteiger partial charge in [-0.3, -0.25) is 5.32 Å². The number of halogens is 6. The number of nitrogens with one attached hydrogen (secondary N) is 2. The molecule has 0 amide bonds. The Morgan fingerprint density at radius 1 is 1.05 bits per heavy atom. The highest BCUT2D eigenvalue weighted by molar-refractivity contribution is 7.99. The maximum atomic E-state index is 14.0. The van der Waals surface area contributed by atoms with Gasteiger partial charge in [0.2, 0.25) is 0 Å². The summed E-state index contributed by atoms with van der Waals surface area (Å²) in [6.45, 7) is 2.30. The molecule has 0 aromatic heterocycles. The number of hydrogen-bond donors (Lipinski definition) is 2. The standard InChI is InChI=1S/C25H24F6N3O2S/c1-14-5-3-4-6-18(14)21-11-22(37-2)36-23-19(12-32-13-33-23)20(34(21)35)9-15-7-16(24(26,27)28)10-17(8-15)25(29,30)31/h3-8,10-11,20,22,32-33H,9,12-13H2,1-2H3/q-1/b21-11-. The number of aryl methyl sites for hydroxylation is 1. The maximum absolute atomic E-state index is 14.0. The van der Waals surface area contributed by atoms with Crippen LogP contribution in [0.2, 0.25) is 0 Å². The molecule has 2 aromatic carbocycles. The van der Waals surface area contributed by atoms with E-state index in [-0.39, 0.29) is 29.8 Å². The van der Waals surface area contributed by atoms with E-state index in [1.165, 1.54) is 11.8 Å². The van der Waals surface area contributed by atoms with Crippen molar-refractivity contribution in [3.8, 4) is 0 Å². The second kappa shape index (κ2) is 10.5. The molecule has 37 heavy (non-hydrogen) atoms. The number of hydroxylamine groups is 2. The summed E-state index contributed by atoms with van der Waals surface area (Å²) < 4.78 is 87.0. The first-order chi connectivity index (χ1) is 17.4. The number of ether oxygens (including phenoxy) is 1. The SMILES string of the molecule is CSC1/C=C(/c2ccccc2C)N([O-])C(Cc2cc(C(F)(F)F)cc(C(F)(F)F)c2)C2=C(NCNC2)O1. The Labute approximate surface area is 214 Å². The van der Waals surface area contributed by atoms with Gasteiger partial charge in [0.05, 0.1) is 17.8 Å². The van der Waals surface area contributed by atoms with Gasteiger partial charge in [0.25, 0.3) is 0 Å². The summed E-state index contributed by atoms with van der Waals surface area (Å²) in [5.41, 5.74) is -1.68. The molecule has 0 aliphatic carbocycles. The van der Waals surface area contributed by atoms with E-state index in [4.69, 9.17) is 4.74 Å². The van der Waals surface area contributed by atoms with Crippen LogP contribution in [-0.4, -0.2) is 36.0 Å². The molecule has 200 valence electrons. The first-order valence-corrected chi connectivity index (χ1v) is 12.6. The van der Waals surface area contributed by atoms with Crippen molar-refractivity contribution >= 4 is 17.5 Å². The number of nitrogens with zero attached hydrogens (tertiary/aromatic N) is 1. The van der Waals surface area contributed by atoms with Crippen LogP contribution in [0.5, 0.6) is 0 Å². The smallest absolute Gasteiger partial charge is 0.416 e. The van der Waals surface area contributed by atoms with Crippen LogP contribution in [0.1, 0.15) is 27.8 Å². The molecule has 2 aliphatic rings. The topological polar surface area (TPSA) is 59.6 Å². The predicted octanol–water partition coefficient (Wildman–Crippen LogP) is 5.87. The summed E-state index contributed by atoms with van der Waals surface area (Å²) in [6, 6.07) is 7.35. The maximum Gasteiger partial charge on any atom is 0.416 e. The molecule has 0 fully saturated rings. The van der Waals surface area contributed by atoms with Crippen molar-refractivity contribution < 1.29 is 31.1 Å². The minimum absolute atomic E-state index is 0.0792. The molecule has 2 aromatic rings. The minimum atomic E-state index is -4.99. The molecule has 0 bridgehead atoms. The van der Waals surface area contributed by atoms with Crippen molar-refractivity contribution in [1.82, 2.24) is 15.7 Å². The average Bonchev–Trinajstić information content (AvgIpc) is 2.83. The third-order valence-corrected chi connectivity index (χ3v) is 6.86. The van der Waals surface area contributed by atoms with Crippen molar-refractivity contribution in [2.45, 2.75) is 37.2 Å². The highest BCUT2D eigenvalue weighted by Crippen LogP contribution is 2.38. The first-order valence-electron chi connectivity index (χ1n) is 11.3. The molecule has 0 saturated heterocycles. The Bertz CT molecular complexity index is 1180. The van der Waals surface area contributed by atoms with Gasteiger partial charge in [0, 0.05) is 23.9 Å². The molecular weight excluding hydrogens is 520 g/mol. The van der Waals surface area contributed by atoms with Crippen molar-refractivity contribution in [3.05, 3.63) is 93.0 Å². The van der Waals surface area contributed by atoms with Gasteiger partial charge in [-0.15, -0.1) is 11.8 Å². The van der Waals surface area contributed by atoms with Crippen molar-refractivity contribution in [3.63, 3.8) is 0 Å². The summed E-state index contributed by atoms with van der Waals surface area (Å²) in [5, 5.41) is 20.7. The highest BCUT2D eigenvalue weighted by Gasteiger charge is 2.38. The molecule has 2 atom stereocenters. The van der Waals surface area contributed by atoms with Gasteiger partial charge >= 0.3 is 12.4 Å². The van der Waals surface area contributed by atoms with Crippen LogP contribution in [-0.2, 0) is 23.5 Å². The molecule has 0 spiro atoms.